The fraction of sp³-hybridized carbons (Fsp3) is 0.188. The van der Waals surface area contributed by atoms with Crippen LogP contribution in [0.3, 0.4) is 0 Å². The summed E-state index contributed by atoms with van der Waals surface area (Å²) in [7, 11) is 0. The van der Waals surface area contributed by atoms with Crippen LogP contribution < -0.4 is 10.3 Å². The molecule has 0 atom stereocenters. The molecule has 0 saturated heterocycles. The number of pyridine rings is 1. The fourth-order valence-corrected chi connectivity index (χ4v) is 2.07. The van der Waals surface area contributed by atoms with Crippen LogP contribution in [0.15, 0.2) is 40.2 Å². The first-order valence-electron chi connectivity index (χ1n) is 6.65. The Morgan fingerprint density at radius 1 is 1.35 bits per heavy atom. The van der Waals surface area contributed by atoms with E-state index in [1.807, 2.05) is 6.07 Å². The second-order valence-electron chi connectivity index (χ2n) is 4.73. The lowest BCUT2D eigenvalue weighted by Crippen LogP contribution is -2.22. The Morgan fingerprint density at radius 2 is 2.04 bits per heavy atom. The zero-order valence-corrected chi connectivity index (χ0v) is 12.5. The molecule has 0 fully saturated rings. The highest BCUT2D eigenvalue weighted by Gasteiger charge is 2.10. The van der Waals surface area contributed by atoms with E-state index < -0.39 is 12.2 Å². The average Bonchev–Trinajstić information content (AvgIpc) is 2.48. The summed E-state index contributed by atoms with van der Waals surface area (Å²) in [5, 5.41) is 13.0. The molecule has 118 valence electrons. The van der Waals surface area contributed by atoms with Crippen molar-refractivity contribution in [1.82, 2.24) is 4.68 Å². The summed E-state index contributed by atoms with van der Waals surface area (Å²) in [6.07, 6.45) is 1.24. The minimum atomic E-state index is -2.96. The van der Waals surface area contributed by atoms with Crippen LogP contribution in [0.4, 0.5) is 8.78 Å². The second kappa shape index (κ2) is 6.83. The lowest BCUT2D eigenvalue weighted by Gasteiger charge is -2.08. The van der Waals surface area contributed by atoms with Gasteiger partial charge in [-0.2, -0.15) is 19.1 Å². The Balaban J connectivity index is 2.47. The predicted molar refractivity (Wildman–Crippen MR) is 81.0 cm³/mol. The Kier molecular flexibility index (Phi) is 4.86. The van der Waals surface area contributed by atoms with E-state index >= 15 is 0 Å². The third-order valence-corrected chi connectivity index (χ3v) is 3.12. The molecule has 0 spiro atoms. The van der Waals surface area contributed by atoms with E-state index in [2.05, 4.69) is 9.84 Å². The second-order valence-corrected chi connectivity index (χ2v) is 4.73. The van der Waals surface area contributed by atoms with Crippen LogP contribution in [0, 0.1) is 25.2 Å². The first kappa shape index (κ1) is 16.4. The largest absolute Gasteiger partial charge is 0.434 e. The molecule has 2 aromatic rings. The van der Waals surface area contributed by atoms with Crippen molar-refractivity contribution < 1.29 is 13.5 Å². The summed E-state index contributed by atoms with van der Waals surface area (Å²) in [4.78, 5) is 12.2. The third-order valence-electron chi connectivity index (χ3n) is 3.12. The van der Waals surface area contributed by atoms with Gasteiger partial charge in [0.2, 0.25) is 0 Å². The van der Waals surface area contributed by atoms with E-state index in [0.717, 1.165) is 4.68 Å². The third kappa shape index (κ3) is 3.61. The SMILES string of the molecule is Cc1cc(C)n(/N=C\c2ccccc2OC(F)F)c(=O)c1C#N. The van der Waals surface area contributed by atoms with Gasteiger partial charge in [0.15, 0.2) is 0 Å². The van der Waals surface area contributed by atoms with Crippen LogP contribution in [0.2, 0.25) is 0 Å². The number of alkyl halides is 2. The molecule has 0 saturated carbocycles. The lowest BCUT2D eigenvalue weighted by atomic mass is 10.1. The van der Waals surface area contributed by atoms with Gasteiger partial charge < -0.3 is 4.74 Å². The molecule has 5 nitrogen and oxygen atoms in total. The van der Waals surface area contributed by atoms with Gasteiger partial charge in [0.25, 0.3) is 5.56 Å². The van der Waals surface area contributed by atoms with Crippen molar-refractivity contribution in [3.63, 3.8) is 0 Å². The molecule has 1 heterocycles. The van der Waals surface area contributed by atoms with E-state index in [1.165, 1.54) is 18.3 Å². The number of hydrogen-bond acceptors (Lipinski definition) is 4. The van der Waals surface area contributed by atoms with Gasteiger partial charge in [0.1, 0.15) is 17.4 Å². The number of nitriles is 1. The molecule has 0 aliphatic carbocycles. The Hall–Kier alpha value is -3.01. The number of halogens is 2. The van der Waals surface area contributed by atoms with Gasteiger partial charge in [-0.25, -0.2) is 4.68 Å². The zero-order valence-electron chi connectivity index (χ0n) is 12.5. The van der Waals surface area contributed by atoms with Gasteiger partial charge >= 0.3 is 6.61 Å². The number of hydrogen-bond donors (Lipinski definition) is 0. The summed E-state index contributed by atoms with van der Waals surface area (Å²) in [5.74, 6) is -0.0513. The Bertz CT molecular complexity index is 851. The topological polar surface area (TPSA) is 67.4 Å². The number of rotatable bonds is 4. The van der Waals surface area contributed by atoms with Gasteiger partial charge in [0, 0.05) is 11.3 Å². The molecular formula is C16H13F2N3O2. The van der Waals surface area contributed by atoms with Crippen molar-refractivity contribution in [1.29, 1.82) is 5.26 Å². The number of nitrogens with zero attached hydrogens (tertiary/aromatic N) is 3. The molecule has 0 radical (unpaired) electrons. The van der Waals surface area contributed by atoms with Crippen LogP contribution in [0.1, 0.15) is 22.4 Å². The van der Waals surface area contributed by atoms with Crippen LogP contribution in [0.25, 0.3) is 0 Å². The number of para-hydroxylation sites is 1. The number of aromatic nitrogens is 1. The van der Waals surface area contributed by atoms with E-state index in [-0.39, 0.29) is 16.9 Å². The maximum absolute atomic E-state index is 12.4. The maximum Gasteiger partial charge on any atom is 0.387 e. The summed E-state index contributed by atoms with van der Waals surface area (Å²) in [6.45, 7) is 0.361. The smallest absolute Gasteiger partial charge is 0.387 e. The fourth-order valence-electron chi connectivity index (χ4n) is 2.07. The molecular weight excluding hydrogens is 304 g/mol. The average molecular weight is 317 g/mol. The highest BCUT2D eigenvalue weighted by Crippen LogP contribution is 2.18. The van der Waals surface area contributed by atoms with Gasteiger partial charge in [-0.3, -0.25) is 4.79 Å². The molecule has 23 heavy (non-hydrogen) atoms. The summed E-state index contributed by atoms with van der Waals surface area (Å²) in [6, 6.07) is 9.57. The highest BCUT2D eigenvalue weighted by molar-refractivity contribution is 5.83. The van der Waals surface area contributed by atoms with Crippen molar-refractivity contribution >= 4 is 6.21 Å². The minimum Gasteiger partial charge on any atom is -0.434 e. The quantitative estimate of drug-likeness (QED) is 0.814. The summed E-state index contributed by atoms with van der Waals surface area (Å²) >= 11 is 0. The summed E-state index contributed by atoms with van der Waals surface area (Å²) in [5.41, 5.74) is 0.800. The minimum absolute atomic E-state index is 0.00938. The summed E-state index contributed by atoms with van der Waals surface area (Å²) < 4.78 is 30.2. The molecule has 0 amide bonds. The van der Waals surface area contributed by atoms with E-state index in [9.17, 15) is 13.6 Å². The predicted octanol–water partition coefficient (Wildman–Crippen LogP) is 2.82. The molecule has 0 aliphatic rings. The number of ether oxygens (including phenoxy) is 1. The normalized spacial score (nSPS) is 11.0. The Labute approximate surface area is 131 Å². The first-order chi connectivity index (χ1) is 10.9. The molecule has 0 aliphatic heterocycles. The monoisotopic (exact) mass is 317 g/mol. The maximum atomic E-state index is 12.4. The van der Waals surface area contributed by atoms with Crippen LogP contribution in [-0.4, -0.2) is 17.5 Å². The van der Waals surface area contributed by atoms with E-state index in [1.54, 1.807) is 32.0 Å². The molecule has 2 rings (SSSR count). The standard InChI is InChI=1S/C16H13F2N3O2/c1-10-7-11(2)21(15(22)13(10)8-19)20-9-12-5-3-4-6-14(12)23-16(17)18/h3-7,9,16H,1-2H3/b20-9-. The molecule has 0 N–H and O–H groups in total. The van der Waals surface area contributed by atoms with Crippen molar-refractivity contribution in [2.24, 2.45) is 5.10 Å². The zero-order chi connectivity index (χ0) is 17.0. The van der Waals surface area contributed by atoms with Crippen LogP contribution >= 0.6 is 0 Å². The first-order valence-corrected chi connectivity index (χ1v) is 6.65. The van der Waals surface area contributed by atoms with Crippen molar-refractivity contribution in [3.05, 3.63) is 63.1 Å². The molecule has 1 aromatic heterocycles. The number of benzene rings is 1. The van der Waals surface area contributed by atoms with Gasteiger partial charge in [-0.15, -0.1) is 0 Å². The van der Waals surface area contributed by atoms with Gasteiger partial charge in [-0.1, -0.05) is 12.1 Å². The van der Waals surface area contributed by atoms with Crippen LogP contribution in [-0.2, 0) is 0 Å². The molecule has 1 aromatic carbocycles. The van der Waals surface area contributed by atoms with Crippen molar-refractivity contribution in [2.75, 3.05) is 0 Å². The van der Waals surface area contributed by atoms with E-state index in [4.69, 9.17) is 5.26 Å². The van der Waals surface area contributed by atoms with Crippen molar-refractivity contribution in [3.8, 4) is 11.8 Å². The molecule has 0 unspecified atom stereocenters. The number of aryl methyl sites for hydroxylation is 2. The van der Waals surface area contributed by atoms with Gasteiger partial charge in [0.05, 0.1) is 6.21 Å². The van der Waals surface area contributed by atoms with Gasteiger partial charge in [-0.05, 0) is 37.6 Å². The van der Waals surface area contributed by atoms with Crippen LogP contribution in [0.5, 0.6) is 5.75 Å². The molecule has 0 bridgehead atoms. The van der Waals surface area contributed by atoms with E-state index in [0.29, 0.717) is 11.3 Å². The Morgan fingerprint density at radius 3 is 2.70 bits per heavy atom. The van der Waals surface area contributed by atoms with Crippen molar-refractivity contribution in [2.45, 2.75) is 20.5 Å². The molecule has 7 heteroatoms. The lowest BCUT2D eigenvalue weighted by molar-refractivity contribution is -0.0499. The highest BCUT2D eigenvalue weighted by atomic mass is 19.3.